The fourth-order valence-corrected chi connectivity index (χ4v) is 2.71. The van der Waals surface area contributed by atoms with Crippen molar-refractivity contribution in [1.82, 2.24) is 14.9 Å². The van der Waals surface area contributed by atoms with Gasteiger partial charge >= 0.3 is 0 Å². The van der Waals surface area contributed by atoms with E-state index in [-0.39, 0.29) is 11.9 Å². The summed E-state index contributed by atoms with van der Waals surface area (Å²) in [6.07, 6.45) is 6.00. The van der Waals surface area contributed by atoms with E-state index in [0.717, 1.165) is 5.56 Å². The van der Waals surface area contributed by atoms with Gasteiger partial charge in [-0.2, -0.15) is 0 Å². The molecule has 1 amide bonds. The third-order valence-corrected chi connectivity index (χ3v) is 3.77. The highest BCUT2D eigenvalue weighted by Gasteiger charge is 2.36. The van der Waals surface area contributed by atoms with Crippen molar-refractivity contribution in [2.75, 3.05) is 6.54 Å². The molecule has 2 aromatic heterocycles. The van der Waals surface area contributed by atoms with E-state index in [1.165, 1.54) is 0 Å². The van der Waals surface area contributed by atoms with Crippen molar-refractivity contribution in [3.63, 3.8) is 0 Å². The van der Waals surface area contributed by atoms with Gasteiger partial charge in [-0.25, -0.2) is 0 Å². The second-order valence-electron chi connectivity index (χ2n) is 5.07. The number of rotatable bonds is 3. The van der Waals surface area contributed by atoms with Crippen LogP contribution in [0.1, 0.15) is 22.5 Å². The molecule has 1 saturated heterocycles. The van der Waals surface area contributed by atoms with Crippen LogP contribution in [-0.2, 0) is 6.42 Å². The second kappa shape index (κ2) is 5.46. The number of aromatic nitrogens is 2. The Bertz CT molecular complexity index is 568. The zero-order valence-electron chi connectivity index (χ0n) is 11.1. The molecular weight excluding hydrogens is 254 g/mol. The highest BCUT2D eigenvalue weighted by molar-refractivity contribution is 5.92. The first-order valence-corrected chi connectivity index (χ1v) is 6.77. The van der Waals surface area contributed by atoms with E-state index in [2.05, 4.69) is 9.97 Å². The molecule has 0 spiro atoms. The Morgan fingerprint density at radius 3 is 3.05 bits per heavy atom. The molecule has 2 aromatic rings. The summed E-state index contributed by atoms with van der Waals surface area (Å²) in [7, 11) is 0. The van der Waals surface area contributed by atoms with Crippen molar-refractivity contribution >= 4 is 5.91 Å². The molecule has 1 fully saturated rings. The Balaban J connectivity index is 1.78. The molecule has 3 rings (SSSR count). The summed E-state index contributed by atoms with van der Waals surface area (Å²) in [5.41, 5.74) is 1.60. The van der Waals surface area contributed by atoms with Crippen LogP contribution in [0.4, 0.5) is 0 Å². The molecule has 0 aromatic carbocycles. The van der Waals surface area contributed by atoms with Gasteiger partial charge in [-0.3, -0.25) is 9.78 Å². The van der Waals surface area contributed by atoms with E-state index in [1.807, 2.05) is 12.1 Å². The van der Waals surface area contributed by atoms with Gasteiger partial charge in [0, 0.05) is 25.1 Å². The average Bonchev–Trinajstić information content (AvgIpc) is 3.11. The van der Waals surface area contributed by atoms with Gasteiger partial charge in [0.05, 0.1) is 12.1 Å². The minimum absolute atomic E-state index is 0.0551. The van der Waals surface area contributed by atoms with Gasteiger partial charge in [0.25, 0.3) is 5.91 Å². The average molecular weight is 271 g/mol. The first-order chi connectivity index (χ1) is 9.75. The number of aliphatic hydroxyl groups excluding tert-OH is 1. The lowest BCUT2D eigenvalue weighted by Crippen LogP contribution is -2.41. The molecule has 20 heavy (non-hydrogen) atoms. The van der Waals surface area contributed by atoms with Crippen LogP contribution in [-0.4, -0.2) is 44.6 Å². The van der Waals surface area contributed by atoms with Gasteiger partial charge in [0.2, 0.25) is 0 Å². The third kappa shape index (κ3) is 2.44. The third-order valence-electron chi connectivity index (χ3n) is 3.77. The van der Waals surface area contributed by atoms with Crippen molar-refractivity contribution in [2.45, 2.75) is 25.0 Å². The lowest BCUT2D eigenvalue weighted by Gasteiger charge is -2.26. The van der Waals surface area contributed by atoms with E-state index < -0.39 is 6.10 Å². The Kier molecular flexibility index (Phi) is 3.52. The molecule has 2 N–H and O–H groups in total. The Labute approximate surface area is 117 Å². The number of carbonyl (C=O) groups excluding carboxylic acids is 1. The number of likely N-dealkylation sites (tertiary alicyclic amines) is 1. The van der Waals surface area contributed by atoms with E-state index in [4.69, 9.17) is 0 Å². The molecule has 0 radical (unpaired) electrons. The summed E-state index contributed by atoms with van der Waals surface area (Å²) in [5, 5.41) is 10.1. The topological polar surface area (TPSA) is 69.2 Å². The SMILES string of the molecule is O=C(c1ccc[nH]1)N1CC[C@@H](O)[C@@H]1Cc1cccnc1. The van der Waals surface area contributed by atoms with Gasteiger partial charge in [-0.05, 0) is 36.6 Å². The van der Waals surface area contributed by atoms with E-state index in [1.54, 1.807) is 35.6 Å². The van der Waals surface area contributed by atoms with Crippen molar-refractivity contribution in [2.24, 2.45) is 0 Å². The monoisotopic (exact) mass is 271 g/mol. The van der Waals surface area contributed by atoms with E-state index in [0.29, 0.717) is 25.1 Å². The molecule has 0 unspecified atom stereocenters. The van der Waals surface area contributed by atoms with Gasteiger partial charge in [0.15, 0.2) is 0 Å². The summed E-state index contributed by atoms with van der Waals surface area (Å²) in [6, 6.07) is 7.21. The van der Waals surface area contributed by atoms with Crippen LogP contribution >= 0.6 is 0 Å². The number of hydrogen-bond donors (Lipinski definition) is 2. The van der Waals surface area contributed by atoms with Gasteiger partial charge in [-0.15, -0.1) is 0 Å². The fourth-order valence-electron chi connectivity index (χ4n) is 2.71. The summed E-state index contributed by atoms with van der Waals surface area (Å²) in [5.74, 6) is -0.0551. The van der Waals surface area contributed by atoms with Crippen molar-refractivity contribution < 1.29 is 9.90 Å². The quantitative estimate of drug-likeness (QED) is 0.882. The standard InChI is InChI=1S/C15H17N3O2/c19-14-5-8-18(15(20)12-4-2-7-17-12)13(14)9-11-3-1-6-16-10-11/h1-4,6-7,10,13-14,17,19H,5,8-9H2/t13-,14+/m0/s1. The summed E-state index contributed by atoms with van der Waals surface area (Å²) >= 11 is 0. The van der Waals surface area contributed by atoms with Crippen molar-refractivity contribution in [1.29, 1.82) is 0 Å². The number of H-pyrrole nitrogens is 1. The molecular formula is C15H17N3O2. The van der Waals surface area contributed by atoms with Crippen molar-refractivity contribution in [3.8, 4) is 0 Å². The predicted octanol–water partition coefficient (Wildman–Crippen LogP) is 1.23. The maximum absolute atomic E-state index is 12.4. The van der Waals surface area contributed by atoms with Crippen LogP contribution in [0.2, 0.25) is 0 Å². The summed E-state index contributed by atoms with van der Waals surface area (Å²) < 4.78 is 0. The number of carbonyl (C=O) groups is 1. The minimum atomic E-state index is -0.478. The highest BCUT2D eigenvalue weighted by Crippen LogP contribution is 2.23. The zero-order chi connectivity index (χ0) is 13.9. The fraction of sp³-hybridized carbons (Fsp3) is 0.333. The van der Waals surface area contributed by atoms with Crippen LogP contribution in [0.3, 0.4) is 0 Å². The number of nitrogens with one attached hydrogen (secondary N) is 1. The Morgan fingerprint density at radius 2 is 2.35 bits per heavy atom. The second-order valence-corrected chi connectivity index (χ2v) is 5.07. The van der Waals surface area contributed by atoms with Crippen LogP contribution < -0.4 is 0 Å². The maximum Gasteiger partial charge on any atom is 0.270 e. The summed E-state index contributed by atoms with van der Waals surface area (Å²) in [4.78, 5) is 21.2. The maximum atomic E-state index is 12.4. The zero-order valence-corrected chi connectivity index (χ0v) is 11.1. The largest absolute Gasteiger partial charge is 0.391 e. The molecule has 5 heteroatoms. The molecule has 1 aliphatic heterocycles. The number of amides is 1. The number of nitrogens with zero attached hydrogens (tertiary/aromatic N) is 2. The Hall–Kier alpha value is -2.14. The van der Waals surface area contributed by atoms with Crippen LogP contribution in [0.15, 0.2) is 42.9 Å². The molecule has 104 valence electrons. The number of pyridine rings is 1. The number of hydrogen-bond acceptors (Lipinski definition) is 3. The van der Waals surface area contributed by atoms with Gasteiger partial charge in [0.1, 0.15) is 5.69 Å². The van der Waals surface area contributed by atoms with Crippen LogP contribution in [0.25, 0.3) is 0 Å². The van der Waals surface area contributed by atoms with E-state index in [9.17, 15) is 9.90 Å². The number of aliphatic hydroxyl groups is 1. The molecule has 5 nitrogen and oxygen atoms in total. The molecule has 0 bridgehead atoms. The van der Waals surface area contributed by atoms with Gasteiger partial charge < -0.3 is 15.0 Å². The summed E-state index contributed by atoms with van der Waals surface area (Å²) in [6.45, 7) is 0.587. The Morgan fingerprint density at radius 1 is 1.45 bits per heavy atom. The lowest BCUT2D eigenvalue weighted by molar-refractivity contribution is 0.0635. The molecule has 2 atom stereocenters. The predicted molar refractivity (Wildman–Crippen MR) is 74.2 cm³/mol. The van der Waals surface area contributed by atoms with Crippen LogP contribution in [0.5, 0.6) is 0 Å². The molecule has 0 aliphatic carbocycles. The van der Waals surface area contributed by atoms with Gasteiger partial charge in [-0.1, -0.05) is 6.07 Å². The molecule has 1 aliphatic rings. The number of aromatic amines is 1. The molecule has 0 saturated carbocycles. The lowest BCUT2D eigenvalue weighted by atomic mass is 10.0. The normalized spacial score (nSPS) is 22.1. The molecule has 3 heterocycles. The first-order valence-electron chi connectivity index (χ1n) is 6.77. The first kappa shape index (κ1) is 12.9. The van der Waals surface area contributed by atoms with Crippen molar-refractivity contribution in [3.05, 3.63) is 54.1 Å². The van der Waals surface area contributed by atoms with E-state index >= 15 is 0 Å². The smallest absolute Gasteiger partial charge is 0.270 e. The van der Waals surface area contributed by atoms with Crippen LogP contribution in [0, 0.1) is 0 Å². The highest BCUT2D eigenvalue weighted by atomic mass is 16.3. The minimum Gasteiger partial charge on any atom is -0.391 e.